The average molecular weight is 273 g/mol. The number of rotatable bonds is 5. The summed E-state index contributed by atoms with van der Waals surface area (Å²) in [7, 11) is 0. The van der Waals surface area contributed by atoms with Gasteiger partial charge in [-0.15, -0.1) is 0 Å². The van der Waals surface area contributed by atoms with Gasteiger partial charge in [0.25, 0.3) is 0 Å². The molecule has 15 heavy (non-hydrogen) atoms. The second-order valence-corrected chi connectivity index (χ2v) is 4.85. The zero-order valence-corrected chi connectivity index (χ0v) is 10.8. The van der Waals surface area contributed by atoms with E-state index in [4.69, 9.17) is 9.84 Å². The number of benzene rings is 1. The molecule has 0 aliphatic heterocycles. The van der Waals surface area contributed by atoms with E-state index in [0.717, 1.165) is 15.8 Å². The molecule has 2 nitrogen and oxygen atoms in total. The second-order valence-electron chi connectivity index (χ2n) is 3.93. The van der Waals surface area contributed by atoms with E-state index in [1.807, 2.05) is 18.2 Å². The molecule has 0 saturated carbocycles. The smallest absolute Gasteiger partial charge is 0.122 e. The molecule has 0 saturated heterocycles. The SMILES string of the molecule is CC(C)COc1ccc(Br)cc1CCO. The van der Waals surface area contributed by atoms with Crippen molar-refractivity contribution in [1.82, 2.24) is 0 Å². The molecule has 0 aromatic heterocycles. The Kier molecular flexibility index (Phi) is 5.12. The molecule has 0 unspecified atom stereocenters. The van der Waals surface area contributed by atoms with Crippen LogP contribution in [0.2, 0.25) is 0 Å². The van der Waals surface area contributed by atoms with E-state index in [1.165, 1.54) is 0 Å². The minimum atomic E-state index is 0.147. The predicted octanol–water partition coefficient (Wildman–Crippen LogP) is 3.02. The number of aliphatic hydroxyl groups excluding tert-OH is 1. The molecule has 0 aliphatic carbocycles. The van der Waals surface area contributed by atoms with Crippen LogP contribution in [0.5, 0.6) is 5.75 Å². The number of hydrogen-bond donors (Lipinski definition) is 1. The Labute approximate surface area is 99.4 Å². The van der Waals surface area contributed by atoms with Gasteiger partial charge in [-0.25, -0.2) is 0 Å². The Hall–Kier alpha value is -0.540. The van der Waals surface area contributed by atoms with Crippen molar-refractivity contribution in [2.24, 2.45) is 5.92 Å². The Morgan fingerprint density at radius 1 is 1.40 bits per heavy atom. The summed E-state index contributed by atoms with van der Waals surface area (Å²) in [4.78, 5) is 0. The maximum atomic E-state index is 8.94. The Morgan fingerprint density at radius 3 is 2.73 bits per heavy atom. The first-order valence-corrected chi connectivity index (χ1v) is 5.95. The van der Waals surface area contributed by atoms with E-state index in [0.29, 0.717) is 18.9 Å². The van der Waals surface area contributed by atoms with Gasteiger partial charge in [-0.1, -0.05) is 29.8 Å². The summed E-state index contributed by atoms with van der Waals surface area (Å²) in [6.07, 6.45) is 0.632. The molecular weight excluding hydrogens is 256 g/mol. The lowest BCUT2D eigenvalue weighted by Gasteiger charge is -2.12. The molecule has 1 rings (SSSR count). The van der Waals surface area contributed by atoms with E-state index in [9.17, 15) is 0 Å². The lowest BCUT2D eigenvalue weighted by atomic mass is 10.1. The molecule has 0 bridgehead atoms. The molecule has 0 amide bonds. The lowest BCUT2D eigenvalue weighted by molar-refractivity contribution is 0.262. The van der Waals surface area contributed by atoms with Gasteiger partial charge in [-0.05, 0) is 36.1 Å². The van der Waals surface area contributed by atoms with Crippen LogP contribution in [0.1, 0.15) is 19.4 Å². The third-order valence-corrected chi connectivity index (χ3v) is 2.47. The van der Waals surface area contributed by atoms with Crippen molar-refractivity contribution in [3.05, 3.63) is 28.2 Å². The average Bonchev–Trinajstić information content (AvgIpc) is 2.17. The van der Waals surface area contributed by atoms with Gasteiger partial charge in [0.2, 0.25) is 0 Å². The molecule has 3 heteroatoms. The summed E-state index contributed by atoms with van der Waals surface area (Å²) >= 11 is 3.41. The van der Waals surface area contributed by atoms with Crippen LogP contribution >= 0.6 is 15.9 Å². The van der Waals surface area contributed by atoms with Gasteiger partial charge in [0, 0.05) is 11.1 Å². The van der Waals surface area contributed by atoms with Crippen molar-refractivity contribution in [3.63, 3.8) is 0 Å². The van der Waals surface area contributed by atoms with Crippen LogP contribution in [0.15, 0.2) is 22.7 Å². The molecular formula is C12H17BrO2. The van der Waals surface area contributed by atoms with Crippen LogP contribution in [0.3, 0.4) is 0 Å². The second kappa shape index (κ2) is 6.13. The van der Waals surface area contributed by atoms with Crippen molar-refractivity contribution < 1.29 is 9.84 Å². The Bertz CT molecular complexity index is 310. The third kappa shape index (κ3) is 4.22. The van der Waals surface area contributed by atoms with E-state index < -0.39 is 0 Å². The number of ether oxygens (including phenoxy) is 1. The fourth-order valence-electron chi connectivity index (χ4n) is 1.26. The zero-order valence-electron chi connectivity index (χ0n) is 9.16. The topological polar surface area (TPSA) is 29.5 Å². The summed E-state index contributed by atoms with van der Waals surface area (Å²) in [5.41, 5.74) is 1.05. The van der Waals surface area contributed by atoms with Gasteiger partial charge in [0.1, 0.15) is 5.75 Å². The quantitative estimate of drug-likeness (QED) is 0.893. The van der Waals surface area contributed by atoms with Crippen LogP contribution in [-0.2, 0) is 6.42 Å². The summed E-state index contributed by atoms with van der Waals surface area (Å²) in [6, 6.07) is 5.89. The minimum Gasteiger partial charge on any atom is -0.493 e. The van der Waals surface area contributed by atoms with Crippen molar-refractivity contribution in [1.29, 1.82) is 0 Å². The molecule has 84 valence electrons. The molecule has 0 spiro atoms. The van der Waals surface area contributed by atoms with Crippen LogP contribution < -0.4 is 4.74 Å². The van der Waals surface area contributed by atoms with E-state index >= 15 is 0 Å². The molecule has 1 aromatic carbocycles. The highest BCUT2D eigenvalue weighted by Crippen LogP contribution is 2.24. The normalized spacial score (nSPS) is 10.7. The highest BCUT2D eigenvalue weighted by molar-refractivity contribution is 9.10. The van der Waals surface area contributed by atoms with E-state index in [-0.39, 0.29) is 6.61 Å². The number of hydrogen-bond acceptors (Lipinski definition) is 2. The molecule has 0 heterocycles. The minimum absolute atomic E-state index is 0.147. The van der Waals surface area contributed by atoms with Gasteiger partial charge in [-0.3, -0.25) is 0 Å². The van der Waals surface area contributed by atoms with Crippen molar-refractivity contribution in [3.8, 4) is 5.75 Å². The van der Waals surface area contributed by atoms with E-state index in [2.05, 4.69) is 29.8 Å². The molecule has 0 atom stereocenters. The van der Waals surface area contributed by atoms with E-state index in [1.54, 1.807) is 0 Å². The van der Waals surface area contributed by atoms with Gasteiger partial charge >= 0.3 is 0 Å². The summed E-state index contributed by atoms with van der Waals surface area (Å²) in [5.74, 6) is 1.39. The first-order chi connectivity index (χ1) is 7.13. The molecule has 1 N–H and O–H groups in total. The largest absolute Gasteiger partial charge is 0.493 e. The van der Waals surface area contributed by atoms with Gasteiger partial charge in [0.15, 0.2) is 0 Å². The van der Waals surface area contributed by atoms with Crippen LogP contribution in [-0.4, -0.2) is 18.3 Å². The zero-order chi connectivity index (χ0) is 11.3. The molecule has 0 aliphatic rings. The lowest BCUT2D eigenvalue weighted by Crippen LogP contribution is -2.06. The van der Waals surface area contributed by atoms with Gasteiger partial charge < -0.3 is 9.84 Å². The van der Waals surface area contributed by atoms with Crippen LogP contribution in [0.25, 0.3) is 0 Å². The maximum Gasteiger partial charge on any atom is 0.122 e. The Balaban J connectivity index is 2.76. The third-order valence-electron chi connectivity index (χ3n) is 1.98. The molecule has 0 fully saturated rings. The predicted molar refractivity (Wildman–Crippen MR) is 65.3 cm³/mol. The molecule has 1 aromatic rings. The fraction of sp³-hybridized carbons (Fsp3) is 0.500. The van der Waals surface area contributed by atoms with Crippen LogP contribution in [0.4, 0.5) is 0 Å². The highest BCUT2D eigenvalue weighted by atomic mass is 79.9. The number of halogens is 1. The standard InChI is InChI=1S/C12H17BrO2/c1-9(2)8-15-12-4-3-11(13)7-10(12)5-6-14/h3-4,7,9,14H,5-6,8H2,1-2H3. The van der Waals surface area contributed by atoms with Crippen molar-refractivity contribution in [2.45, 2.75) is 20.3 Å². The fourth-order valence-corrected chi connectivity index (χ4v) is 1.67. The van der Waals surface area contributed by atoms with Crippen molar-refractivity contribution >= 4 is 15.9 Å². The van der Waals surface area contributed by atoms with Gasteiger partial charge in [0.05, 0.1) is 6.61 Å². The highest BCUT2D eigenvalue weighted by Gasteiger charge is 2.05. The monoisotopic (exact) mass is 272 g/mol. The Morgan fingerprint density at radius 2 is 2.13 bits per heavy atom. The van der Waals surface area contributed by atoms with Crippen molar-refractivity contribution in [2.75, 3.05) is 13.2 Å². The first kappa shape index (κ1) is 12.5. The summed E-state index contributed by atoms with van der Waals surface area (Å²) in [5, 5.41) is 8.94. The summed E-state index contributed by atoms with van der Waals surface area (Å²) < 4.78 is 6.69. The number of aliphatic hydroxyl groups is 1. The first-order valence-electron chi connectivity index (χ1n) is 5.15. The van der Waals surface area contributed by atoms with Crippen LogP contribution in [0, 0.1) is 5.92 Å². The molecule has 0 radical (unpaired) electrons. The maximum absolute atomic E-state index is 8.94. The summed E-state index contributed by atoms with van der Waals surface area (Å²) in [6.45, 7) is 5.09. The van der Waals surface area contributed by atoms with Gasteiger partial charge in [-0.2, -0.15) is 0 Å².